The number of hydrogen-bond acceptors (Lipinski definition) is 2. The molecule has 2 nitrogen and oxygen atoms in total. The summed E-state index contributed by atoms with van der Waals surface area (Å²) in [7, 11) is 1.66. The van der Waals surface area contributed by atoms with Gasteiger partial charge in [-0.2, -0.15) is 0 Å². The molecule has 2 aliphatic carbocycles. The lowest BCUT2D eigenvalue weighted by molar-refractivity contribution is 0.132. The van der Waals surface area contributed by atoms with Gasteiger partial charge >= 0.3 is 0 Å². The summed E-state index contributed by atoms with van der Waals surface area (Å²) < 4.78 is 0. The van der Waals surface area contributed by atoms with Crippen LogP contribution in [0.25, 0.3) is 0 Å². The molecular weight excluding hydrogens is 198 g/mol. The SMILES string of the molecule is CO/N=C1\CCC2CC(C(C)C)CCC2C1. The molecule has 0 aromatic rings. The van der Waals surface area contributed by atoms with Gasteiger partial charge in [0.05, 0.1) is 5.71 Å². The van der Waals surface area contributed by atoms with Crippen molar-refractivity contribution >= 4 is 5.71 Å². The zero-order valence-electron chi connectivity index (χ0n) is 10.9. The molecule has 0 radical (unpaired) electrons. The van der Waals surface area contributed by atoms with Crippen LogP contribution in [0.3, 0.4) is 0 Å². The molecule has 2 aliphatic rings. The third-order valence-corrected chi connectivity index (χ3v) is 4.65. The zero-order valence-corrected chi connectivity index (χ0v) is 10.9. The van der Waals surface area contributed by atoms with Gasteiger partial charge in [0.1, 0.15) is 7.11 Å². The maximum atomic E-state index is 4.91. The molecule has 3 unspecified atom stereocenters. The number of oxime groups is 1. The molecule has 0 heterocycles. The monoisotopic (exact) mass is 223 g/mol. The standard InChI is InChI=1S/C14H25NO/c1-10(2)11-4-5-13-9-14(15-16-3)7-6-12(13)8-11/h10-13H,4-9H2,1-3H3/b15-14+. The third kappa shape index (κ3) is 2.58. The van der Waals surface area contributed by atoms with Gasteiger partial charge in [-0.15, -0.1) is 0 Å². The highest BCUT2D eigenvalue weighted by Crippen LogP contribution is 2.43. The van der Waals surface area contributed by atoms with Crippen LogP contribution in [0, 0.1) is 23.7 Å². The van der Waals surface area contributed by atoms with Gasteiger partial charge in [0.15, 0.2) is 0 Å². The van der Waals surface area contributed by atoms with Crippen LogP contribution in [0.1, 0.15) is 52.4 Å². The van der Waals surface area contributed by atoms with Gasteiger partial charge in [0.2, 0.25) is 0 Å². The molecule has 2 fully saturated rings. The summed E-state index contributed by atoms with van der Waals surface area (Å²) in [6.45, 7) is 4.76. The van der Waals surface area contributed by atoms with Gasteiger partial charge in [-0.1, -0.05) is 19.0 Å². The lowest BCUT2D eigenvalue weighted by atomic mass is 9.65. The number of fused-ring (bicyclic) bond motifs is 1. The Balaban J connectivity index is 1.92. The summed E-state index contributed by atoms with van der Waals surface area (Å²) >= 11 is 0. The van der Waals surface area contributed by atoms with Crippen molar-refractivity contribution in [2.45, 2.75) is 52.4 Å². The van der Waals surface area contributed by atoms with E-state index in [0.717, 1.165) is 23.7 Å². The normalized spacial score (nSPS) is 37.5. The van der Waals surface area contributed by atoms with Crippen LogP contribution in [0.4, 0.5) is 0 Å². The average molecular weight is 223 g/mol. The quantitative estimate of drug-likeness (QED) is 0.651. The number of rotatable bonds is 2. The molecule has 0 aliphatic heterocycles. The summed E-state index contributed by atoms with van der Waals surface area (Å²) in [6.07, 6.45) is 8.01. The molecule has 2 saturated carbocycles. The van der Waals surface area contributed by atoms with Crippen LogP contribution in [-0.2, 0) is 4.84 Å². The highest BCUT2D eigenvalue weighted by Gasteiger charge is 2.35. The van der Waals surface area contributed by atoms with E-state index in [1.807, 2.05) is 0 Å². The molecule has 3 atom stereocenters. The molecule has 0 N–H and O–H groups in total. The summed E-state index contributed by atoms with van der Waals surface area (Å²) in [5, 5.41) is 4.15. The highest BCUT2D eigenvalue weighted by molar-refractivity contribution is 5.84. The van der Waals surface area contributed by atoms with E-state index in [2.05, 4.69) is 19.0 Å². The van der Waals surface area contributed by atoms with Crippen LogP contribution in [0.15, 0.2) is 5.16 Å². The smallest absolute Gasteiger partial charge is 0.106 e. The minimum Gasteiger partial charge on any atom is -0.399 e. The predicted octanol–water partition coefficient (Wildman–Crippen LogP) is 3.86. The summed E-state index contributed by atoms with van der Waals surface area (Å²) in [5.41, 5.74) is 1.30. The van der Waals surface area contributed by atoms with Gasteiger partial charge in [-0.3, -0.25) is 0 Å². The Bertz CT molecular complexity index is 259. The highest BCUT2D eigenvalue weighted by atomic mass is 16.6. The van der Waals surface area contributed by atoms with Crippen molar-refractivity contribution in [1.29, 1.82) is 0 Å². The third-order valence-electron chi connectivity index (χ3n) is 4.65. The topological polar surface area (TPSA) is 21.6 Å². The van der Waals surface area contributed by atoms with E-state index < -0.39 is 0 Å². The molecule has 0 aromatic carbocycles. The fourth-order valence-electron chi connectivity index (χ4n) is 3.56. The summed E-state index contributed by atoms with van der Waals surface area (Å²) in [4.78, 5) is 4.91. The van der Waals surface area contributed by atoms with E-state index in [1.165, 1.54) is 44.2 Å². The van der Waals surface area contributed by atoms with Gasteiger partial charge in [0.25, 0.3) is 0 Å². The fraction of sp³-hybridized carbons (Fsp3) is 0.929. The van der Waals surface area contributed by atoms with E-state index in [1.54, 1.807) is 7.11 Å². The average Bonchev–Trinajstić information content (AvgIpc) is 2.28. The van der Waals surface area contributed by atoms with Crippen molar-refractivity contribution in [3.05, 3.63) is 0 Å². The Kier molecular flexibility index (Phi) is 3.88. The van der Waals surface area contributed by atoms with Gasteiger partial charge in [-0.25, -0.2) is 0 Å². The van der Waals surface area contributed by atoms with Crippen molar-refractivity contribution in [2.75, 3.05) is 7.11 Å². The van der Waals surface area contributed by atoms with Crippen LogP contribution >= 0.6 is 0 Å². The Morgan fingerprint density at radius 2 is 2.00 bits per heavy atom. The molecule has 92 valence electrons. The van der Waals surface area contributed by atoms with Crippen LogP contribution in [-0.4, -0.2) is 12.8 Å². The molecule has 0 spiro atoms. The Morgan fingerprint density at radius 3 is 2.69 bits per heavy atom. The number of hydrogen-bond donors (Lipinski definition) is 0. The van der Waals surface area contributed by atoms with Gasteiger partial charge in [0, 0.05) is 0 Å². The molecule has 0 aromatic heterocycles. The maximum Gasteiger partial charge on any atom is 0.106 e. The Hall–Kier alpha value is -0.530. The van der Waals surface area contributed by atoms with E-state index in [0.29, 0.717) is 0 Å². The molecule has 0 bridgehead atoms. The second-order valence-corrected chi connectivity index (χ2v) is 5.92. The van der Waals surface area contributed by atoms with E-state index in [9.17, 15) is 0 Å². The second-order valence-electron chi connectivity index (χ2n) is 5.92. The second kappa shape index (κ2) is 5.20. The van der Waals surface area contributed by atoms with Gasteiger partial charge < -0.3 is 4.84 Å². The molecule has 0 saturated heterocycles. The van der Waals surface area contributed by atoms with Crippen molar-refractivity contribution in [1.82, 2.24) is 0 Å². The van der Waals surface area contributed by atoms with Crippen LogP contribution in [0.2, 0.25) is 0 Å². The summed E-state index contributed by atoms with van der Waals surface area (Å²) in [6, 6.07) is 0. The Morgan fingerprint density at radius 1 is 1.19 bits per heavy atom. The van der Waals surface area contributed by atoms with Gasteiger partial charge in [-0.05, 0) is 62.2 Å². The molecule has 16 heavy (non-hydrogen) atoms. The Labute approximate surface area is 99.4 Å². The predicted molar refractivity (Wildman–Crippen MR) is 67.5 cm³/mol. The van der Waals surface area contributed by atoms with Crippen molar-refractivity contribution in [3.63, 3.8) is 0 Å². The largest absolute Gasteiger partial charge is 0.399 e. The first-order chi connectivity index (χ1) is 7.70. The lowest BCUT2D eigenvalue weighted by Gasteiger charge is -2.40. The fourth-order valence-corrected chi connectivity index (χ4v) is 3.56. The molecule has 0 amide bonds. The minimum absolute atomic E-state index is 0.870. The van der Waals surface area contributed by atoms with Crippen molar-refractivity contribution in [2.24, 2.45) is 28.8 Å². The zero-order chi connectivity index (χ0) is 11.5. The first-order valence-electron chi connectivity index (χ1n) is 6.79. The first kappa shape index (κ1) is 11.9. The molecular formula is C14H25NO. The van der Waals surface area contributed by atoms with Crippen LogP contribution in [0.5, 0.6) is 0 Å². The molecule has 2 rings (SSSR count). The lowest BCUT2D eigenvalue weighted by Crippen LogP contribution is -2.32. The molecule has 2 heteroatoms. The van der Waals surface area contributed by atoms with E-state index in [4.69, 9.17) is 4.84 Å². The van der Waals surface area contributed by atoms with Crippen molar-refractivity contribution < 1.29 is 4.84 Å². The van der Waals surface area contributed by atoms with Crippen LogP contribution < -0.4 is 0 Å². The van der Waals surface area contributed by atoms with E-state index in [-0.39, 0.29) is 0 Å². The maximum absolute atomic E-state index is 4.91. The minimum atomic E-state index is 0.870. The first-order valence-corrected chi connectivity index (χ1v) is 6.79. The van der Waals surface area contributed by atoms with Crippen molar-refractivity contribution in [3.8, 4) is 0 Å². The van der Waals surface area contributed by atoms with E-state index >= 15 is 0 Å². The summed E-state index contributed by atoms with van der Waals surface area (Å²) in [5.74, 6) is 3.71. The number of nitrogens with zero attached hydrogens (tertiary/aromatic N) is 1.